The highest BCUT2D eigenvalue weighted by Gasteiger charge is 2.40. The van der Waals surface area contributed by atoms with Crippen LogP contribution in [0.5, 0.6) is 5.75 Å². The number of hydrogen-bond acceptors (Lipinski definition) is 3. The summed E-state index contributed by atoms with van der Waals surface area (Å²) in [6, 6.07) is 5.64. The average molecular weight is 220 g/mol. The Morgan fingerprint density at radius 3 is 2.81 bits per heavy atom. The smallest absolute Gasteiger partial charge is 0.163 e. The predicted molar refractivity (Wildman–Crippen MR) is 61.0 cm³/mol. The lowest BCUT2D eigenvalue weighted by atomic mass is 10.1. The van der Waals surface area contributed by atoms with Gasteiger partial charge in [-0.1, -0.05) is 11.6 Å². The molecule has 1 aromatic carbocycles. The molecule has 1 saturated heterocycles. The molecule has 2 rings (SSSR count). The third kappa shape index (κ3) is 2.42. The third-order valence-corrected chi connectivity index (χ3v) is 2.68. The molecule has 3 nitrogen and oxygen atoms in total. The Morgan fingerprint density at radius 2 is 2.25 bits per heavy atom. The minimum Gasteiger partial charge on any atom is -0.490 e. The van der Waals surface area contributed by atoms with E-state index in [1.165, 1.54) is 0 Å². The van der Waals surface area contributed by atoms with E-state index in [9.17, 15) is 4.79 Å². The van der Waals surface area contributed by atoms with Crippen LogP contribution in [0.4, 0.5) is 0 Å². The summed E-state index contributed by atoms with van der Waals surface area (Å²) in [5.41, 5.74) is 1.55. The summed E-state index contributed by atoms with van der Waals surface area (Å²) >= 11 is 0. The molecule has 1 heterocycles. The monoisotopic (exact) mass is 220 g/mol. The zero-order chi connectivity index (χ0) is 11.8. The third-order valence-electron chi connectivity index (χ3n) is 2.68. The van der Waals surface area contributed by atoms with E-state index in [0.29, 0.717) is 17.9 Å². The Bertz CT molecular complexity index is 419. The van der Waals surface area contributed by atoms with Gasteiger partial charge < -0.3 is 9.47 Å². The van der Waals surface area contributed by atoms with E-state index in [0.717, 1.165) is 12.2 Å². The lowest BCUT2D eigenvalue weighted by molar-refractivity contribution is 0.101. The SMILES string of the molecule is CC(=O)c1cc(C)ccc1OCC1(C)CO1. The summed E-state index contributed by atoms with van der Waals surface area (Å²) in [5, 5.41) is 0. The van der Waals surface area contributed by atoms with Crippen molar-refractivity contribution in [2.75, 3.05) is 13.2 Å². The molecule has 0 radical (unpaired) electrons. The molecule has 0 bridgehead atoms. The van der Waals surface area contributed by atoms with Crippen molar-refractivity contribution in [3.63, 3.8) is 0 Å². The number of aryl methyl sites for hydroxylation is 1. The maximum atomic E-state index is 11.4. The molecule has 0 N–H and O–H groups in total. The number of Topliss-reactive ketones (excluding diaryl/α,β-unsaturated/α-hetero) is 1. The largest absolute Gasteiger partial charge is 0.490 e. The highest BCUT2D eigenvalue weighted by Crippen LogP contribution is 2.28. The van der Waals surface area contributed by atoms with E-state index >= 15 is 0 Å². The molecule has 0 spiro atoms. The van der Waals surface area contributed by atoms with Crippen LogP contribution in [0.2, 0.25) is 0 Å². The Hall–Kier alpha value is -1.35. The molecule has 1 aliphatic heterocycles. The molecule has 1 unspecified atom stereocenters. The second-order valence-corrected chi connectivity index (χ2v) is 4.58. The fraction of sp³-hybridized carbons (Fsp3) is 0.462. The van der Waals surface area contributed by atoms with Crippen molar-refractivity contribution in [3.8, 4) is 5.75 Å². The molecule has 1 aromatic rings. The molecular weight excluding hydrogens is 204 g/mol. The Labute approximate surface area is 95.4 Å². The zero-order valence-corrected chi connectivity index (χ0v) is 9.87. The first-order valence-corrected chi connectivity index (χ1v) is 5.38. The van der Waals surface area contributed by atoms with Crippen molar-refractivity contribution in [1.29, 1.82) is 0 Å². The van der Waals surface area contributed by atoms with Gasteiger partial charge in [0, 0.05) is 0 Å². The molecule has 86 valence electrons. The highest BCUT2D eigenvalue weighted by molar-refractivity contribution is 5.97. The summed E-state index contributed by atoms with van der Waals surface area (Å²) in [6.45, 7) is 6.73. The average Bonchev–Trinajstić information content (AvgIpc) is 2.95. The van der Waals surface area contributed by atoms with Crippen LogP contribution in [0.15, 0.2) is 18.2 Å². The van der Waals surface area contributed by atoms with Crippen LogP contribution in [-0.4, -0.2) is 24.6 Å². The summed E-state index contributed by atoms with van der Waals surface area (Å²) < 4.78 is 10.9. The standard InChI is InChI=1S/C13H16O3/c1-9-4-5-12(11(6-9)10(2)14)15-7-13(3)8-16-13/h4-6H,7-8H2,1-3H3. The van der Waals surface area contributed by atoms with Gasteiger partial charge in [-0.25, -0.2) is 0 Å². The van der Waals surface area contributed by atoms with Gasteiger partial charge in [0.15, 0.2) is 5.78 Å². The van der Waals surface area contributed by atoms with Gasteiger partial charge in [0.25, 0.3) is 0 Å². The number of ketones is 1. The maximum Gasteiger partial charge on any atom is 0.163 e. The number of benzene rings is 1. The van der Waals surface area contributed by atoms with Crippen LogP contribution in [0.25, 0.3) is 0 Å². The number of rotatable bonds is 4. The van der Waals surface area contributed by atoms with E-state index in [1.54, 1.807) is 6.92 Å². The minimum atomic E-state index is -0.154. The summed E-state index contributed by atoms with van der Waals surface area (Å²) in [4.78, 5) is 11.4. The van der Waals surface area contributed by atoms with E-state index in [-0.39, 0.29) is 11.4 Å². The van der Waals surface area contributed by atoms with E-state index in [1.807, 2.05) is 32.0 Å². The zero-order valence-electron chi connectivity index (χ0n) is 9.87. The molecule has 0 aliphatic carbocycles. The van der Waals surface area contributed by atoms with Gasteiger partial charge >= 0.3 is 0 Å². The van der Waals surface area contributed by atoms with E-state index < -0.39 is 0 Å². The number of ether oxygens (including phenoxy) is 2. The van der Waals surface area contributed by atoms with Crippen LogP contribution >= 0.6 is 0 Å². The number of hydrogen-bond donors (Lipinski definition) is 0. The van der Waals surface area contributed by atoms with Crippen molar-refractivity contribution < 1.29 is 14.3 Å². The first kappa shape index (κ1) is 11.1. The first-order valence-electron chi connectivity index (χ1n) is 5.38. The van der Waals surface area contributed by atoms with Gasteiger partial charge in [0.1, 0.15) is 18.0 Å². The molecule has 16 heavy (non-hydrogen) atoms. The van der Waals surface area contributed by atoms with Crippen LogP contribution in [0.3, 0.4) is 0 Å². The molecule has 1 aliphatic rings. The number of epoxide rings is 1. The Kier molecular flexibility index (Phi) is 2.72. The van der Waals surface area contributed by atoms with Crippen molar-refractivity contribution in [1.82, 2.24) is 0 Å². The second-order valence-electron chi connectivity index (χ2n) is 4.58. The molecule has 3 heteroatoms. The minimum absolute atomic E-state index is 0.0283. The fourth-order valence-electron chi connectivity index (χ4n) is 1.48. The van der Waals surface area contributed by atoms with Crippen molar-refractivity contribution >= 4 is 5.78 Å². The molecule has 1 fully saturated rings. The summed E-state index contributed by atoms with van der Waals surface area (Å²) in [5.74, 6) is 0.676. The Balaban J connectivity index is 2.15. The molecule has 1 atom stereocenters. The van der Waals surface area contributed by atoms with Crippen LogP contribution in [0.1, 0.15) is 29.8 Å². The summed E-state index contributed by atoms with van der Waals surface area (Å²) in [6.07, 6.45) is 0. The maximum absolute atomic E-state index is 11.4. The molecule has 0 aromatic heterocycles. The highest BCUT2D eigenvalue weighted by atomic mass is 16.6. The van der Waals surface area contributed by atoms with E-state index in [2.05, 4.69) is 0 Å². The van der Waals surface area contributed by atoms with Crippen LogP contribution in [0, 0.1) is 6.92 Å². The van der Waals surface area contributed by atoms with Gasteiger partial charge in [0.05, 0.1) is 12.2 Å². The normalized spacial score (nSPS) is 22.9. The lowest BCUT2D eigenvalue weighted by Gasteiger charge is -2.12. The van der Waals surface area contributed by atoms with E-state index in [4.69, 9.17) is 9.47 Å². The first-order chi connectivity index (χ1) is 7.50. The topological polar surface area (TPSA) is 38.8 Å². The molecule has 0 saturated carbocycles. The second kappa shape index (κ2) is 3.91. The Morgan fingerprint density at radius 1 is 1.56 bits per heavy atom. The van der Waals surface area contributed by atoms with Crippen LogP contribution < -0.4 is 4.74 Å². The lowest BCUT2D eigenvalue weighted by Crippen LogP contribution is -2.18. The predicted octanol–water partition coefficient (Wildman–Crippen LogP) is 2.37. The molecular formula is C13H16O3. The number of carbonyl (C=O) groups is 1. The van der Waals surface area contributed by atoms with Crippen molar-refractivity contribution in [2.24, 2.45) is 0 Å². The number of carbonyl (C=O) groups excluding carboxylic acids is 1. The van der Waals surface area contributed by atoms with Crippen molar-refractivity contribution in [3.05, 3.63) is 29.3 Å². The van der Waals surface area contributed by atoms with Gasteiger partial charge in [-0.05, 0) is 32.9 Å². The van der Waals surface area contributed by atoms with Crippen LogP contribution in [-0.2, 0) is 4.74 Å². The van der Waals surface area contributed by atoms with Gasteiger partial charge in [-0.2, -0.15) is 0 Å². The van der Waals surface area contributed by atoms with Gasteiger partial charge in [-0.3, -0.25) is 4.79 Å². The van der Waals surface area contributed by atoms with Gasteiger partial charge in [-0.15, -0.1) is 0 Å². The molecule has 0 amide bonds. The quantitative estimate of drug-likeness (QED) is 0.577. The summed E-state index contributed by atoms with van der Waals surface area (Å²) in [7, 11) is 0. The van der Waals surface area contributed by atoms with Gasteiger partial charge in [0.2, 0.25) is 0 Å². The van der Waals surface area contributed by atoms with Crippen molar-refractivity contribution in [2.45, 2.75) is 26.4 Å². The fourth-order valence-corrected chi connectivity index (χ4v) is 1.48.